The van der Waals surface area contributed by atoms with Crippen LogP contribution in [0.5, 0.6) is 0 Å². The highest BCUT2D eigenvalue weighted by Gasteiger charge is 2.20. The van der Waals surface area contributed by atoms with Crippen LogP contribution in [0, 0.1) is 0 Å². The quantitative estimate of drug-likeness (QED) is 0.738. The molecule has 0 saturated carbocycles. The lowest BCUT2D eigenvalue weighted by Crippen LogP contribution is -2.51. The summed E-state index contributed by atoms with van der Waals surface area (Å²) in [6.45, 7) is 16.8. The summed E-state index contributed by atoms with van der Waals surface area (Å²) in [6.07, 6.45) is 0. The van der Waals surface area contributed by atoms with Gasteiger partial charge in [-0.05, 0) is 55.3 Å². The highest BCUT2D eigenvalue weighted by atomic mass is 15.2. The van der Waals surface area contributed by atoms with Crippen LogP contribution in [0.3, 0.4) is 0 Å². The molecule has 17 heavy (non-hydrogen) atoms. The molecule has 0 spiro atoms. The molecule has 0 radical (unpaired) electrons. The zero-order chi connectivity index (χ0) is 13.6. The van der Waals surface area contributed by atoms with Crippen molar-refractivity contribution in [2.45, 2.75) is 59.2 Å². The van der Waals surface area contributed by atoms with Crippen LogP contribution in [0.1, 0.15) is 41.5 Å². The molecule has 0 aliphatic rings. The third-order valence-corrected chi connectivity index (χ3v) is 3.05. The third kappa shape index (κ3) is 7.74. The van der Waals surface area contributed by atoms with Crippen molar-refractivity contribution < 1.29 is 0 Å². The van der Waals surface area contributed by atoms with Gasteiger partial charge in [-0.3, -0.25) is 4.90 Å². The Labute approximate surface area is 109 Å². The van der Waals surface area contributed by atoms with E-state index in [1.54, 1.807) is 0 Å². The maximum Gasteiger partial charge on any atom is 0.0197 e. The Bertz CT molecular complexity index is 196. The number of nitrogens with one attached hydrogen (secondary N) is 1. The smallest absolute Gasteiger partial charge is 0.0197 e. The zero-order valence-electron chi connectivity index (χ0n) is 13.2. The maximum atomic E-state index is 3.59. The second-order valence-electron chi connectivity index (χ2n) is 6.42. The second-order valence-corrected chi connectivity index (χ2v) is 6.42. The largest absolute Gasteiger partial charge is 0.311 e. The Morgan fingerprint density at radius 1 is 1.06 bits per heavy atom. The summed E-state index contributed by atoms with van der Waals surface area (Å²) in [5.41, 5.74) is 0.207. The summed E-state index contributed by atoms with van der Waals surface area (Å²) in [6, 6.07) is 1.18. The summed E-state index contributed by atoms with van der Waals surface area (Å²) >= 11 is 0. The summed E-state index contributed by atoms with van der Waals surface area (Å²) in [7, 11) is 4.28. The fraction of sp³-hybridized carbons (Fsp3) is 1.00. The van der Waals surface area contributed by atoms with E-state index < -0.39 is 0 Å². The predicted octanol–water partition coefficient (Wildman–Crippen LogP) is 2.04. The molecule has 3 heteroatoms. The SMILES string of the molecule is CCN(C(C)CNC(C)(C)C)C(C)CN(C)C. The molecule has 1 N–H and O–H groups in total. The average Bonchev–Trinajstić information content (AvgIpc) is 2.13. The van der Waals surface area contributed by atoms with Crippen LogP contribution < -0.4 is 5.32 Å². The van der Waals surface area contributed by atoms with E-state index in [0.717, 1.165) is 19.6 Å². The molecule has 0 heterocycles. The monoisotopic (exact) mass is 243 g/mol. The molecular weight excluding hydrogens is 210 g/mol. The fourth-order valence-corrected chi connectivity index (χ4v) is 2.26. The van der Waals surface area contributed by atoms with Crippen molar-refractivity contribution in [1.82, 2.24) is 15.1 Å². The van der Waals surface area contributed by atoms with E-state index in [2.05, 4.69) is 70.8 Å². The predicted molar refractivity (Wildman–Crippen MR) is 77.6 cm³/mol. The van der Waals surface area contributed by atoms with Gasteiger partial charge in [0.05, 0.1) is 0 Å². The molecule has 0 aromatic rings. The van der Waals surface area contributed by atoms with Gasteiger partial charge >= 0.3 is 0 Å². The first-order valence-electron chi connectivity index (χ1n) is 6.83. The van der Waals surface area contributed by atoms with Crippen LogP contribution in [0.2, 0.25) is 0 Å². The molecule has 2 atom stereocenters. The summed E-state index contributed by atoms with van der Waals surface area (Å²) in [4.78, 5) is 4.83. The van der Waals surface area contributed by atoms with Gasteiger partial charge in [0, 0.05) is 30.7 Å². The molecule has 0 aliphatic heterocycles. The molecular formula is C14H33N3. The molecule has 0 amide bonds. The molecule has 2 unspecified atom stereocenters. The van der Waals surface area contributed by atoms with E-state index >= 15 is 0 Å². The minimum atomic E-state index is 0.207. The van der Waals surface area contributed by atoms with E-state index in [0.29, 0.717) is 12.1 Å². The second kappa shape index (κ2) is 7.34. The Morgan fingerprint density at radius 2 is 1.59 bits per heavy atom. The molecule has 0 saturated heterocycles. The van der Waals surface area contributed by atoms with E-state index in [4.69, 9.17) is 0 Å². The van der Waals surface area contributed by atoms with Gasteiger partial charge in [0.1, 0.15) is 0 Å². The lowest BCUT2D eigenvalue weighted by Gasteiger charge is -2.36. The van der Waals surface area contributed by atoms with Crippen LogP contribution in [0.15, 0.2) is 0 Å². The van der Waals surface area contributed by atoms with Crippen LogP contribution in [0.25, 0.3) is 0 Å². The third-order valence-electron chi connectivity index (χ3n) is 3.05. The maximum absolute atomic E-state index is 3.59. The van der Waals surface area contributed by atoms with Crippen LogP contribution in [-0.2, 0) is 0 Å². The van der Waals surface area contributed by atoms with Crippen molar-refractivity contribution in [3.05, 3.63) is 0 Å². The normalized spacial score (nSPS) is 16.6. The first-order valence-corrected chi connectivity index (χ1v) is 6.83. The first-order chi connectivity index (χ1) is 7.67. The topological polar surface area (TPSA) is 18.5 Å². The van der Waals surface area contributed by atoms with Crippen molar-refractivity contribution in [1.29, 1.82) is 0 Å². The van der Waals surface area contributed by atoms with E-state index in [1.165, 1.54) is 0 Å². The molecule has 0 aromatic heterocycles. The van der Waals surface area contributed by atoms with Gasteiger partial charge in [0.15, 0.2) is 0 Å². The van der Waals surface area contributed by atoms with Crippen molar-refractivity contribution in [2.75, 3.05) is 33.7 Å². The highest BCUT2D eigenvalue weighted by molar-refractivity contribution is 4.79. The first kappa shape index (κ1) is 16.9. The van der Waals surface area contributed by atoms with E-state index in [1.807, 2.05) is 0 Å². The van der Waals surface area contributed by atoms with Gasteiger partial charge in [-0.25, -0.2) is 0 Å². The fourth-order valence-electron chi connectivity index (χ4n) is 2.26. The lowest BCUT2D eigenvalue weighted by molar-refractivity contribution is 0.130. The molecule has 0 bridgehead atoms. The van der Waals surface area contributed by atoms with Crippen LogP contribution in [0.4, 0.5) is 0 Å². The minimum absolute atomic E-state index is 0.207. The van der Waals surface area contributed by atoms with Gasteiger partial charge in [-0.1, -0.05) is 6.92 Å². The van der Waals surface area contributed by atoms with Gasteiger partial charge in [0.2, 0.25) is 0 Å². The Morgan fingerprint density at radius 3 is 1.94 bits per heavy atom. The average molecular weight is 243 g/mol. The number of nitrogens with zero attached hydrogens (tertiary/aromatic N) is 2. The van der Waals surface area contributed by atoms with E-state index in [-0.39, 0.29) is 5.54 Å². The minimum Gasteiger partial charge on any atom is -0.311 e. The standard InChI is InChI=1S/C14H33N3/c1-9-17(13(3)11-16(7)8)12(2)10-15-14(4,5)6/h12-13,15H,9-11H2,1-8H3. The Kier molecular flexibility index (Phi) is 7.29. The molecule has 104 valence electrons. The van der Waals surface area contributed by atoms with Crippen molar-refractivity contribution >= 4 is 0 Å². The summed E-state index contributed by atoms with van der Waals surface area (Å²) in [5, 5.41) is 3.59. The molecule has 0 rings (SSSR count). The molecule has 3 nitrogen and oxygen atoms in total. The Balaban J connectivity index is 4.24. The number of likely N-dealkylation sites (N-methyl/N-ethyl adjacent to an activating group) is 2. The molecule has 0 aromatic carbocycles. The van der Waals surface area contributed by atoms with Gasteiger partial charge in [-0.2, -0.15) is 0 Å². The summed E-state index contributed by atoms with van der Waals surface area (Å²) in [5.74, 6) is 0. The van der Waals surface area contributed by atoms with Gasteiger partial charge in [0.25, 0.3) is 0 Å². The zero-order valence-corrected chi connectivity index (χ0v) is 13.2. The van der Waals surface area contributed by atoms with Gasteiger partial charge in [-0.15, -0.1) is 0 Å². The number of rotatable bonds is 7. The Hall–Kier alpha value is -0.120. The van der Waals surface area contributed by atoms with Crippen molar-refractivity contribution in [3.63, 3.8) is 0 Å². The van der Waals surface area contributed by atoms with Crippen molar-refractivity contribution in [2.24, 2.45) is 0 Å². The number of hydrogen-bond donors (Lipinski definition) is 1. The molecule has 0 aliphatic carbocycles. The summed E-state index contributed by atoms with van der Waals surface area (Å²) < 4.78 is 0. The lowest BCUT2D eigenvalue weighted by atomic mass is 10.1. The van der Waals surface area contributed by atoms with Crippen LogP contribution in [-0.4, -0.2) is 61.2 Å². The van der Waals surface area contributed by atoms with E-state index in [9.17, 15) is 0 Å². The van der Waals surface area contributed by atoms with Crippen LogP contribution >= 0.6 is 0 Å². The van der Waals surface area contributed by atoms with Crippen molar-refractivity contribution in [3.8, 4) is 0 Å². The highest BCUT2D eigenvalue weighted by Crippen LogP contribution is 2.07. The number of hydrogen-bond acceptors (Lipinski definition) is 3. The van der Waals surface area contributed by atoms with Gasteiger partial charge < -0.3 is 10.2 Å². The molecule has 0 fully saturated rings.